The number of carbonyl (C=O) groups is 1. The third-order valence-corrected chi connectivity index (χ3v) is 3.94. The van der Waals surface area contributed by atoms with Gasteiger partial charge in [-0.15, -0.1) is 0 Å². The van der Waals surface area contributed by atoms with Crippen LogP contribution in [0.15, 0.2) is 16.7 Å². The van der Waals surface area contributed by atoms with E-state index in [1.807, 2.05) is 4.90 Å². The standard InChI is InChI=1S/C13H16BrN3O4/c1-2-21-13(18)9-4-3-5-16(8-9)12-11(14)6-10(7-15-12)17(19)20/h6-7,9H,2-5,8H2,1H3. The van der Waals surface area contributed by atoms with E-state index in [1.54, 1.807) is 6.92 Å². The third kappa shape index (κ3) is 3.69. The molecule has 0 radical (unpaired) electrons. The second kappa shape index (κ2) is 6.84. The van der Waals surface area contributed by atoms with Crippen LogP contribution in [-0.2, 0) is 9.53 Å². The maximum absolute atomic E-state index is 11.8. The molecule has 7 nitrogen and oxygen atoms in total. The van der Waals surface area contributed by atoms with Gasteiger partial charge in [-0.05, 0) is 35.7 Å². The van der Waals surface area contributed by atoms with Gasteiger partial charge in [0.25, 0.3) is 5.69 Å². The Morgan fingerprint density at radius 2 is 2.43 bits per heavy atom. The molecule has 1 aromatic heterocycles. The third-order valence-electron chi connectivity index (χ3n) is 3.36. The first-order chi connectivity index (χ1) is 10.0. The molecular formula is C13H16BrN3O4. The van der Waals surface area contributed by atoms with Gasteiger partial charge < -0.3 is 9.64 Å². The van der Waals surface area contributed by atoms with Crippen LogP contribution in [0.1, 0.15) is 19.8 Å². The summed E-state index contributed by atoms with van der Waals surface area (Å²) in [5.41, 5.74) is -0.0652. The Hall–Kier alpha value is -1.70. The van der Waals surface area contributed by atoms with E-state index in [2.05, 4.69) is 20.9 Å². The van der Waals surface area contributed by atoms with Gasteiger partial charge in [-0.2, -0.15) is 0 Å². The monoisotopic (exact) mass is 357 g/mol. The predicted molar refractivity (Wildman–Crippen MR) is 80.2 cm³/mol. The highest BCUT2D eigenvalue weighted by Crippen LogP contribution is 2.30. The highest BCUT2D eigenvalue weighted by atomic mass is 79.9. The average Bonchev–Trinajstić information content (AvgIpc) is 2.47. The molecule has 0 amide bonds. The average molecular weight is 358 g/mol. The number of esters is 1. The van der Waals surface area contributed by atoms with Crippen molar-refractivity contribution >= 4 is 33.4 Å². The fourth-order valence-corrected chi connectivity index (χ4v) is 2.96. The summed E-state index contributed by atoms with van der Waals surface area (Å²) in [4.78, 5) is 28.2. The molecule has 0 N–H and O–H groups in total. The molecule has 1 saturated heterocycles. The first kappa shape index (κ1) is 15.7. The molecule has 2 heterocycles. The number of rotatable bonds is 4. The summed E-state index contributed by atoms with van der Waals surface area (Å²) >= 11 is 3.31. The van der Waals surface area contributed by atoms with E-state index in [1.165, 1.54) is 12.3 Å². The lowest BCUT2D eigenvalue weighted by Gasteiger charge is -2.32. The number of piperidine rings is 1. The van der Waals surface area contributed by atoms with Gasteiger partial charge in [-0.1, -0.05) is 0 Å². The van der Waals surface area contributed by atoms with Gasteiger partial charge in [0.05, 0.1) is 21.9 Å². The van der Waals surface area contributed by atoms with E-state index in [0.29, 0.717) is 23.4 Å². The summed E-state index contributed by atoms with van der Waals surface area (Å²) in [7, 11) is 0. The van der Waals surface area contributed by atoms with Crippen molar-refractivity contribution in [1.29, 1.82) is 0 Å². The first-order valence-electron chi connectivity index (χ1n) is 6.74. The normalized spacial score (nSPS) is 18.4. The summed E-state index contributed by atoms with van der Waals surface area (Å²) in [6.45, 7) is 3.43. The summed E-state index contributed by atoms with van der Waals surface area (Å²) < 4.78 is 5.62. The van der Waals surface area contributed by atoms with Crippen molar-refractivity contribution in [2.45, 2.75) is 19.8 Å². The Balaban J connectivity index is 2.14. The minimum absolute atomic E-state index is 0.0652. The van der Waals surface area contributed by atoms with Crippen LogP contribution in [0.2, 0.25) is 0 Å². The van der Waals surface area contributed by atoms with Gasteiger partial charge in [0.1, 0.15) is 12.0 Å². The molecule has 0 spiro atoms. The Kier molecular flexibility index (Phi) is 5.11. The van der Waals surface area contributed by atoms with Crippen LogP contribution in [0.25, 0.3) is 0 Å². The number of ether oxygens (including phenoxy) is 1. The molecule has 2 rings (SSSR count). The largest absolute Gasteiger partial charge is 0.466 e. The van der Waals surface area contributed by atoms with E-state index in [9.17, 15) is 14.9 Å². The van der Waals surface area contributed by atoms with Crippen LogP contribution in [0.3, 0.4) is 0 Å². The van der Waals surface area contributed by atoms with Gasteiger partial charge in [0.2, 0.25) is 0 Å². The number of anilines is 1. The molecule has 21 heavy (non-hydrogen) atoms. The molecule has 8 heteroatoms. The molecular weight excluding hydrogens is 342 g/mol. The van der Waals surface area contributed by atoms with Gasteiger partial charge in [0, 0.05) is 19.2 Å². The van der Waals surface area contributed by atoms with Crippen molar-refractivity contribution < 1.29 is 14.5 Å². The van der Waals surface area contributed by atoms with Crippen LogP contribution in [0.4, 0.5) is 11.5 Å². The van der Waals surface area contributed by atoms with Gasteiger partial charge in [0.15, 0.2) is 0 Å². The number of halogens is 1. The van der Waals surface area contributed by atoms with Crippen LogP contribution >= 0.6 is 15.9 Å². The maximum atomic E-state index is 11.8. The molecule has 1 aromatic rings. The zero-order valence-electron chi connectivity index (χ0n) is 11.6. The van der Waals surface area contributed by atoms with Crippen molar-refractivity contribution in [3.63, 3.8) is 0 Å². The van der Waals surface area contributed by atoms with E-state index in [-0.39, 0.29) is 17.6 Å². The molecule has 0 saturated carbocycles. The fourth-order valence-electron chi connectivity index (χ4n) is 2.38. The number of nitro groups is 1. The molecule has 1 atom stereocenters. The summed E-state index contributed by atoms with van der Waals surface area (Å²) in [6.07, 6.45) is 2.88. The van der Waals surface area contributed by atoms with Crippen molar-refractivity contribution in [3.05, 3.63) is 26.9 Å². The van der Waals surface area contributed by atoms with Crippen LogP contribution in [-0.4, -0.2) is 35.6 Å². The number of aromatic nitrogens is 1. The van der Waals surface area contributed by atoms with Gasteiger partial charge in [-0.25, -0.2) is 4.98 Å². The SMILES string of the molecule is CCOC(=O)C1CCCN(c2ncc([N+](=O)[O-])cc2Br)C1. The lowest BCUT2D eigenvalue weighted by Crippen LogP contribution is -2.40. The Bertz CT molecular complexity index is 552. The molecule has 1 aliphatic heterocycles. The van der Waals surface area contributed by atoms with E-state index < -0.39 is 4.92 Å². The highest BCUT2D eigenvalue weighted by Gasteiger charge is 2.28. The first-order valence-corrected chi connectivity index (χ1v) is 7.53. The zero-order chi connectivity index (χ0) is 15.4. The molecule has 1 aliphatic rings. The lowest BCUT2D eigenvalue weighted by molar-refractivity contribution is -0.385. The Labute approximate surface area is 130 Å². The van der Waals surface area contributed by atoms with E-state index in [0.717, 1.165) is 19.4 Å². The predicted octanol–water partition coefficient (Wildman–Crippen LogP) is 2.53. The molecule has 114 valence electrons. The highest BCUT2D eigenvalue weighted by molar-refractivity contribution is 9.10. The smallest absolute Gasteiger partial charge is 0.310 e. The number of hydrogen-bond donors (Lipinski definition) is 0. The number of carbonyl (C=O) groups excluding carboxylic acids is 1. The van der Waals surface area contributed by atoms with Crippen LogP contribution in [0, 0.1) is 16.0 Å². The van der Waals surface area contributed by atoms with Gasteiger partial charge >= 0.3 is 5.97 Å². The topological polar surface area (TPSA) is 85.6 Å². The van der Waals surface area contributed by atoms with Crippen LogP contribution < -0.4 is 4.90 Å². The van der Waals surface area contributed by atoms with Crippen molar-refractivity contribution in [2.75, 3.05) is 24.6 Å². The number of pyridine rings is 1. The molecule has 0 aliphatic carbocycles. The van der Waals surface area contributed by atoms with Crippen LogP contribution in [0.5, 0.6) is 0 Å². The minimum atomic E-state index is -0.487. The second-order valence-electron chi connectivity index (χ2n) is 4.79. The summed E-state index contributed by atoms with van der Waals surface area (Å²) in [5, 5.41) is 10.7. The van der Waals surface area contributed by atoms with E-state index in [4.69, 9.17) is 4.74 Å². The fraction of sp³-hybridized carbons (Fsp3) is 0.538. The molecule has 1 fully saturated rings. The summed E-state index contributed by atoms with van der Waals surface area (Å²) in [6, 6.07) is 1.43. The molecule has 1 unspecified atom stereocenters. The van der Waals surface area contributed by atoms with Crippen molar-refractivity contribution in [1.82, 2.24) is 4.98 Å². The quantitative estimate of drug-likeness (QED) is 0.467. The molecule has 0 aromatic carbocycles. The lowest BCUT2D eigenvalue weighted by atomic mass is 9.98. The second-order valence-corrected chi connectivity index (χ2v) is 5.65. The maximum Gasteiger partial charge on any atom is 0.310 e. The zero-order valence-corrected chi connectivity index (χ0v) is 13.2. The van der Waals surface area contributed by atoms with E-state index >= 15 is 0 Å². The number of hydrogen-bond acceptors (Lipinski definition) is 6. The summed E-state index contributed by atoms with van der Waals surface area (Å²) in [5.74, 6) is 0.248. The van der Waals surface area contributed by atoms with Gasteiger partial charge in [-0.3, -0.25) is 14.9 Å². The Morgan fingerprint density at radius 3 is 3.05 bits per heavy atom. The Morgan fingerprint density at radius 1 is 1.67 bits per heavy atom. The molecule has 0 bridgehead atoms. The number of nitrogens with zero attached hydrogens (tertiary/aromatic N) is 3. The van der Waals surface area contributed by atoms with Crippen molar-refractivity contribution in [2.24, 2.45) is 5.92 Å². The van der Waals surface area contributed by atoms with Crippen molar-refractivity contribution in [3.8, 4) is 0 Å². The minimum Gasteiger partial charge on any atom is -0.466 e.